The van der Waals surface area contributed by atoms with E-state index in [-0.39, 0.29) is 0 Å². The molecule has 31 heavy (non-hydrogen) atoms. The molecule has 0 bridgehead atoms. The number of rotatable bonds is 7. The fourth-order valence-electron chi connectivity index (χ4n) is 2.87. The van der Waals surface area contributed by atoms with E-state index >= 15 is 0 Å². The third kappa shape index (κ3) is 5.61. The van der Waals surface area contributed by atoms with E-state index in [0.29, 0.717) is 35.4 Å². The molecular weight excluding hydrogens is 390 g/mol. The largest absolute Gasteiger partial charge is 0.485 e. The molecule has 3 aromatic carbocycles. The zero-order valence-electron chi connectivity index (χ0n) is 16.7. The molecule has 0 aliphatic carbocycles. The van der Waals surface area contributed by atoms with Crippen LogP contribution in [0.2, 0.25) is 0 Å². The second-order valence-electron chi connectivity index (χ2n) is 6.61. The first kappa shape index (κ1) is 20.0. The number of ether oxygens (including phenoxy) is 2. The van der Waals surface area contributed by atoms with Crippen LogP contribution in [0.4, 0.5) is 16.3 Å². The minimum absolute atomic E-state index is 0.331. The number of amides is 2. The number of para-hydroxylation sites is 3. The van der Waals surface area contributed by atoms with Gasteiger partial charge in [-0.1, -0.05) is 60.7 Å². The van der Waals surface area contributed by atoms with Crippen LogP contribution in [0.3, 0.4) is 0 Å². The van der Waals surface area contributed by atoms with Crippen LogP contribution in [-0.2, 0) is 6.61 Å². The molecule has 2 N–H and O–H groups in total. The quantitative estimate of drug-likeness (QED) is 0.386. The number of aromatic nitrogens is 1. The molecule has 4 aromatic rings. The standard InChI is InChI=1S/C25H21N3O3/c29-25(27-21-14-7-8-15-22(21)31-20-12-5-2-6-13-20)28-24-23(16-9-17-26-24)30-18-19-10-3-1-4-11-19/h1-17H,18H2,(H2,26,27,28,29). The number of anilines is 2. The maximum absolute atomic E-state index is 12.6. The molecule has 1 aromatic heterocycles. The molecule has 0 radical (unpaired) electrons. The van der Waals surface area contributed by atoms with Crippen LogP contribution in [0.1, 0.15) is 5.56 Å². The lowest BCUT2D eigenvalue weighted by Crippen LogP contribution is -2.21. The van der Waals surface area contributed by atoms with Gasteiger partial charge >= 0.3 is 6.03 Å². The molecule has 154 valence electrons. The monoisotopic (exact) mass is 411 g/mol. The Kier molecular flexibility index (Phi) is 6.40. The summed E-state index contributed by atoms with van der Waals surface area (Å²) in [5.74, 6) is 2.02. The first-order valence-electron chi connectivity index (χ1n) is 9.79. The zero-order valence-corrected chi connectivity index (χ0v) is 16.7. The Morgan fingerprint density at radius 3 is 2.23 bits per heavy atom. The van der Waals surface area contributed by atoms with Gasteiger partial charge < -0.3 is 14.8 Å². The van der Waals surface area contributed by atoms with Gasteiger partial charge in [-0.3, -0.25) is 5.32 Å². The van der Waals surface area contributed by atoms with Crippen LogP contribution in [0, 0.1) is 0 Å². The van der Waals surface area contributed by atoms with Crippen molar-refractivity contribution in [2.75, 3.05) is 10.6 Å². The van der Waals surface area contributed by atoms with Crippen LogP contribution in [0.25, 0.3) is 0 Å². The van der Waals surface area contributed by atoms with E-state index < -0.39 is 6.03 Å². The summed E-state index contributed by atoms with van der Waals surface area (Å²) >= 11 is 0. The molecule has 0 saturated heterocycles. The zero-order chi connectivity index (χ0) is 21.3. The Hall–Kier alpha value is -4.32. The molecule has 0 unspecified atom stereocenters. The van der Waals surface area contributed by atoms with E-state index in [9.17, 15) is 4.79 Å². The number of carbonyl (C=O) groups excluding carboxylic acids is 1. The number of pyridine rings is 1. The van der Waals surface area contributed by atoms with Gasteiger partial charge in [0.25, 0.3) is 0 Å². The summed E-state index contributed by atoms with van der Waals surface area (Å²) in [5.41, 5.74) is 1.56. The van der Waals surface area contributed by atoms with E-state index in [1.54, 1.807) is 30.5 Å². The molecule has 0 fully saturated rings. The van der Waals surface area contributed by atoms with Crippen molar-refractivity contribution < 1.29 is 14.3 Å². The van der Waals surface area contributed by atoms with Crippen LogP contribution in [0.5, 0.6) is 17.2 Å². The molecular formula is C25H21N3O3. The first-order chi connectivity index (χ1) is 15.3. The normalized spacial score (nSPS) is 10.2. The average molecular weight is 411 g/mol. The highest BCUT2D eigenvalue weighted by Gasteiger charge is 2.12. The molecule has 0 aliphatic rings. The third-order valence-electron chi connectivity index (χ3n) is 4.35. The van der Waals surface area contributed by atoms with E-state index in [2.05, 4.69) is 15.6 Å². The van der Waals surface area contributed by atoms with Crippen LogP contribution in [-0.4, -0.2) is 11.0 Å². The summed E-state index contributed by atoms with van der Waals surface area (Å²) in [4.78, 5) is 16.9. The number of nitrogens with one attached hydrogen (secondary N) is 2. The molecule has 6 heteroatoms. The van der Waals surface area contributed by atoms with E-state index in [1.807, 2.05) is 72.8 Å². The molecule has 1 heterocycles. The topological polar surface area (TPSA) is 72.5 Å². The highest BCUT2D eigenvalue weighted by Crippen LogP contribution is 2.29. The van der Waals surface area contributed by atoms with E-state index in [1.165, 1.54) is 0 Å². The molecule has 6 nitrogen and oxygen atoms in total. The molecule has 0 aliphatic heterocycles. The Morgan fingerprint density at radius 1 is 0.742 bits per heavy atom. The van der Waals surface area contributed by atoms with Crippen LogP contribution >= 0.6 is 0 Å². The highest BCUT2D eigenvalue weighted by atomic mass is 16.5. The lowest BCUT2D eigenvalue weighted by atomic mass is 10.2. The van der Waals surface area contributed by atoms with Crippen LogP contribution < -0.4 is 20.1 Å². The van der Waals surface area contributed by atoms with Gasteiger partial charge in [-0.25, -0.2) is 9.78 Å². The van der Waals surface area contributed by atoms with Gasteiger partial charge in [0.1, 0.15) is 12.4 Å². The lowest BCUT2D eigenvalue weighted by molar-refractivity contribution is 0.261. The van der Waals surface area contributed by atoms with Gasteiger partial charge in [0.05, 0.1) is 5.69 Å². The molecule has 0 saturated carbocycles. The van der Waals surface area contributed by atoms with Crippen molar-refractivity contribution in [1.29, 1.82) is 0 Å². The Bertz CT molecular complexity index is 1130. The van der Waals surface area contributed by atoms with Gasteiger partial charge in [-0.05, 0) is 42.0 Å². The van der Waals surface area contributed by atoms with Crippen molar-refractivity contribution in [1.82, 2.24) is 4.98 Å². The third-order valence-corrected chi connectivity index (χ3v) is 4.35. The lowest BCUT2D eigenvalue weighted by Gasteiger charge is -2.14. The summed E-state index contributed by atoms with van der Waals surface area (Å²) in [6.07, 6.45) is 1.59. The number of benzene rings is 3. The van der Waals surface area contributed by atoms with Crippen molar-refractivity contribution in [3.8, 4) is 17.2 Å². The predicted molar refractivity (Wildman–Crippen MR) is 121 cm³/mol. The maximum atomic E-state index is 12.6. The number of carbonyl (C=O) groups is 1. The minimum atomic E-state index is -0.452. The van der Waals surface area contributed by atoms with Gasteiger partial charge in [0.15, 0.2) is 17.3 Å². The Morgan fingerprint density at radius 2 is 1.42 bits per heavy atom. The van der Waals surface area contributed by atoms with E-state index in [0.717, 1.165) is 5.56 Å². The van der Waals surface area contributed by atoms with E-state index in [4.69, 9.17) is 9.47 Å². The number of urea groups is 1. The second-order valence-corrected chi connectivity index (χ2v) is 6.61. The summed E-state index contributed by atoms with van der Waals surface area (Å²) in [6, 6.07) is 29.5. The fraction of sp³-hybridized carbons (Fsp3) is 0.0400. The van der Waals surface area contributed by atoms with Gasteiger partial charge in [0.2, 0.25) is 0 Å². The maximum Gasteiger partial charge on any atom is 0.325 e. The van der Waals surface area contributed by atoms with Crippen molar-refractivity contribution in [2.24, 2.45) is 0 Å². The smallest absolute Gasteiger partial charge is 0.325 e. The van der Waals surface area contributed by atoms with Crippen LogP contribution in [0.15, 0.2) is 103 Å². The first-order valence-corrected chi connectivity index (χ1v) is 9.79. The van der Waals surface area contributed by atoms with Gasteiger partial charge in [-0.15, -0.1) is 0 Å². The van der Waals surface area contributed by atoms with Gasteiger partial charge in [-0.2, -0.15) is 0 Å². The summed E-state index contributed by atoms with van der Waals surface area (Å²) in [6.45, 7) is 0.372. The second kappa shape index (κ2) is 9.93. The fourth-order valence-corrected chi connectivity index (χ4v) is 2.87. The number of hydrogen-bond donors (Lipinski definition) is 2. The van der Waals surface area contributed by atoms with Crippen molar-refractivity contribution in [2.45, 2.75) is 6.61 Å². The number of nitrogens with zero attached hydrogens (tertiary/aromatic N) is 1. The molecule has 2 amide bonds. The Balaban J connectivity index is 1.43. The summed E-state index contributed by atoms with van der Waals surface area (Å²) in [7, 11) is 0. The highest BCUT2D eigenvalue weighted by molar-refractivity contribution is 6.00. The summed E-state index contributed by atoms with van der Waals surface area (Å²) in [5, 5.41) is 5.55. The number of hydrogen-bond acceptors (Lipinski definition) is 4. The average Bonchev–Trinajstić information content (AvgIpc) is 2.81. The SMILES string of the molecule is O=C(Nc1ccccc1Oc1ccccc1)Nc1ncccc1OCc1ccccc1. The molecule has 0 spiro atoms. The predicted octanol–water partition coefficient (Wildman–Crippen LogP) is 6.10. The van der Waals surface area contributed by atoms with Crippen molar-refractivity contribution >= 4 is 17.5 Å². The summed E-state index contributed by atoms with van der Waals surface area (Å²) < 4.78 is 11.7. The van der Waals surface area contributed by atoms with Crippen molar-refractivity contribution in [3.05, 3.63) is 109 Å². The Labute approximate surface area is 180 Å². The van der Waals surface area contributed by atoms with Crippen molar-refractivity contribution in [3.63, 3.8) is 0 Å². The molecule has 0 atom stereocenters. The van der Waals surface area contributed by atoms with Gasteiger partial charge in [0, 0.05) is 6.20 Å². The molecule has 4 rings (SSSR count). The minimum Gasteiger partial charge on any atom is -0.485 e.